The van der Waals surface area contributed by atoms with E-state index in [1.165, 1.54) is 19.3 Å². The van der Waals surface area contributed by atoms with Gasteiger partial charge in [0.25, 0.3) is 5.91 Å². The van der Waals surface area contributed by atoms with Crippen LogP contribution in [0.1, 0.15) is 27.9 Å². The van der Waals surface area contributed by atoms with Crippen LogP contribution in [0.4, 0.5) is 36.4 Å². The molecule has 0 atom stereocenters. The zero-order chi connectivity index (χ0) is 29.5. The Morgan fingerprint density at radius 3 is 2.55 bits per heavy atom. The van der Waals surface area contributed by atoms with E-state index in [-0.39, 0.29) is 24.2 Å². The van der Waals surface area contributed by atoms with E-state index < -0.39 is 27.6 Å². The summed E-state index contributed by atoms with van der Waals surface area (Å²) < 4.78 is 71.1. The lowest BCUT2D eigenvalue weighted by Crippen LogP contribution is -2.28. The molecule has 2 N–H and O–H groups in total. The maximum Gasteiger partial charge on any atom is 0.421 e. The third kappa shape index (κ3) is 8.02. The fourth-order valence-electron chi connectivity index (χ4n) is 3.60. The van der Waals surface area contributed by atoms with Gasteiger partial charge in [-0.05, 0) is 30.7 Å². The van der Waals surface area contributed by atoms with Crippen molar-refractivity contribution in [1.29, 1.82) is 0 Å². The van der Waals surface area contributed by atoms with Crippen molar-refractivity contribution < 1.29 is 31.1 Å². The van der Waals surface area contributed by atoms with E-state index in [1.807, 2.05) is 0 Å². The third-order valence-electron chi connectivity index (χ3n) is 5.76. The molecule has 15 heteroatoms. The number of benzene rings is 1. The number of halogens is 3. The number of anilines is 4. The van der Waals surface area contributed by atoms with Crippen LogP contribution in [0.15, 0.2) is 48.8 Å². The van der Waals surface area contributed by atoms with E-state index in [1.54, 1.807) is 49.4 Å². The maximum atomic E-state index is 13.7. The van der Waals surface area contributed by atoms with E-state index >= 15 is 0 Å². The normalized spacial score (nSPS) is 11.7. The summed E-state index contributed by atoms with van der Waals surface area (Å²) in [6.07, 6.45) is -1.09. The van der Waals surface area contributed by atoms with Crippen LogP contribution in [0.3, 0.4) is 0 Å². The Labute approximate surface area is 230 Å². The number of alkyl halides is 3. The second kappa shape index (κ2) is 12.9. The predicted molar refractivity (Wildman–Crippen MR) is 145 cm³/mol. The second-order valence-electron chi connectivity index (χ2n) is 8.80. The van der Waals surface area contributed by atoms with Gasteiger partial charge in [-0.1, -0.05) is 12.1 Å². The Balaban J connectivity index is 1.84. The molecular weight excluding hydrogens is 551 g/mol. The summed E-state index contributed by atoms with van der Waals surface area (Å²) in [6, 6.07) is 9.51. The maximum absolute atomic E-state index is 13.7. The zero-order valence-electron chi connectivity index (χ0n) is 22.4. The summed E-state index contributed by atoms with van der Waals surface area (Å²) in [5, 5.41) is 5.47. The Morgan fingerprint density at radius 2 is 1.88 bits per heavy atom. The van der Waals surface area contributed by atoms with Gasteiger partial charge in [-0.2, -0.15) is 18.2 Å². The number of nitrogens with zero attached hydrogens (tertiary/aromatic N) is 5. The first-order valence-electron chi connectivity index (χ1n) is 12.0. The molecule has 0 unspecified atom stereocenters. The van der Waals surface area contributed by atoms with Crippen LogP contribution in [0.5, 0.6) is 0 Å². The molecule has 0 aliphatic heterocycles. The van der Waals surface area contributed by atoms with Crippen LogP contribution < -0.4 is 14.9 Å². The number of pyridine rings is 1. The van der Waals surface area contributed by atoms with E-state index in [2.05, 4.69) is 25.6 Å². The Hall–Kier alpha value is -3.98. The number of methoxy groups -OCH3 is 1. The Kier molecular flexibility index (Phi) is 9.87. The lowest BCUT2D eigenvalue weighted by molar-refractivity contribution is -0.137. The minimum atomic E-state index is -4.76. The zero-order valence-corrected chi connectivity index (χ0v) is 23.2. The molecule has 0 saturated heterocycles. The molecule has 1 aromatic carbocycles. The molecule has 2 heterocycles. The summed E-state index contributed by atoms with van der Waals surface area (Å²) in [7, 11) is 0.878. The van der Waals surface area contributed by atoms with Gasteiger partial charge in [0.1, 0.15) is 17.2 Å². The number of rotatable bonds is 12. The number of aromatic nitrogens is 3. The van der Waals surface area contributed by atoms with Crippen molar-refractivity contribution in [1.82, 2.24) is 19.9 Å². The van der Waals surface area contributed by atoms with Gasteiger partial charge < -0.3 is 20.3 Å². The van der Waals surface area contributed by atoms with Crippen LogP contribution >= 0.6 is 0 Å². The lowest BCUT2D eigenvalue weighted by Gasteiger charge is -2.20. The fraction of sp³-hybridized carbons (Fsp3) is 0.360. The average molecular weight is 582 g/mol. The standard InChI is InChI=1S/C25H30F3N7O4S/c1-34(12-7-13-39-3)23(36)17-8-5-10-19(14-17)32-24-31-16-20(25(26,27)28)21(33-24)30-15-18-9-6-11-29-22(18)35(2)40(4,37)38/h5-6,8-11,14,16H,7,12-13,15H2,1-4H3,(H2,30,31,32,33). The van der Waals surface area contributed by atoms with E-state index in [9.17, 15) is 26.4 Å². The molecule has 3 aromatic rings. The number of ether oxygens (including phenoxy) is 1. The van der Waals surface area contributed by atoms with E-state index in [4.69, 9.17) is 4.74 Å². The number of hydrogen-bond donors (Lipinski definition) is 2. The van der Waals surface area contributed by atoms with Crippen LogP contribution in [0.2, 0.25) is 0 Å². The van der Waals surface area contributed by atoms with E-state index in [0.717, 1.165) is 10.6 Å². The van der Waals surface area contributed by atoms with Gasteiger partial charge in [-0.3, -0.25) is 9.10 Å². The van der Waals surface area contributed by atoms with Gasteiger partial charge >= 0.3 is 6.18 Å². The first-order valence-corrected chi connectivity index (χ1v) is 13.8. The van der Waals surface area contributed by atoms with Gasteiger partial charge in [-0.15, -0.1) is 0 Å². The highest BCUT2D eigenvalue weighted by Gasteiger charge is 2.35. The quantitative estimate of drug-likeness (QED) is 0.307. The molecule has 3 rings (SSSR count). The summed E-state index contributed by atoms with van der Waals surface area (Å²) in [5.74, 6) is -0.839. The van der Waals surface area contributed by atoms with E-state index in [0.29, 0.717) is 42.6 Å². The average Bonchev–Trinajstić information content (AvgIpc) is 2.90. The summed E-state index contributed by atoms with van der Waals surface area (Å²) in [5.41, 5.74) is -0.0143. The van der Waals surface area contributed by atoms with Gasteiger partial charge in [0.05, 0.1) is 6.26 Å². The summed E-state index contributed by atoms with van der Waals surface area (Å²) >= 11 is 0. The Morgan fingerprint density at radius 1 is 1.12 bits per heavy atom. The SMILES string of the molecule is COCCCN(C)C(=O)c1cccc(Nc2ncc(C(F)(F)F)c(NCc3cccnc3N(C)S(C)(=O)=O)n2)c1. The first-order chi connectivity index (χ1) is 18.8. The second-order valence-corrected chi connectivity index (χ2v) is 10.8. The molecular formula is C25H30F3N7O4S. The molecule has 216 valence electrons. The summed E-state index contributed by atoms with van der Waals surface area (Å²) in [6.45, 7) is 0.791. The minimum absolute atomic E-state index is 0.0622. The highest BCUT2D eigenvalue weighted by atomic mass is 32.2. The van der Waals surface area contributed by atoms with Crippen LogP contribution in [-0.2, 0) is 27.5 Å². The molecule has 0 saturated carbocycles. The molecule has 2 aromatic heterocycles. The van der Waals surface area contributed by atoms with Gasteiger partial charge in [-0.25, -0.2) is 18.4 Å². The van der Waals surface area contributed by atoms with Crippen molar-refractivity contribution in [3.05, 3.63) is 65.5 Å². The topological polar surface area (TPSA) is 130 Å². The van der Waals surface area contributed by atoms with Crippen LogP contribution in [0, 0.1) is 0 Å². The number of sulfonamides is 1. The molecule has 0 fully saturated rings. The van der Waals surface area contributed by atoms with Crippen molar-refractivity contribution in [3.63, 3.8) is 0 Å². The van der Waals surface area contributed by atoms with Crippen LogP contribution in [-0.4, -0.2) is 74.8 Å². The molecule has 40 heavy (non-hydrogen) atoms. The molecule has 0 radical (unpaired) electrons. The van der Waals surface area contributed by atoms with Crippen molar-refractivity contribution in [2.45, 2.75) is 19.1 Å². The van der Waals surface area contributed by atoms with Crippen molar-refractivity contribution in [3.8, 4) is 0 Å². The van der Waals surface area contributed by atoms with Crippen molar-refractivity contribution in [2.75, 3.05) is 55.6 Å². The molecule has 1 amide bonds. The third-order valence-corrected chi connectivity index (χ3v) is 6.93. The highest BCUT2D eigenvalue weighted by Crippen LogP contribution is 2.34. The number of carbonyl (C=O) groups excluding carboxylic acids is 1. The minimum Gasteiger partial charge on any atom is -0.385 e. The molecule has 0 bridgehead atoms. The largest absolute Gasteiger partial charge is 0.421 e. The van der Waals surface area contributed by atoms with Crippen molar-refractivity contribution in [2.24, 2.45) is 0 Å². The molecule has 0 spiro atoms. The monoisotopic (exact) mass is 581 g/mol. The van der Waals surface area contributed by atoms with Gasteiger partial charge in [0.15, 0.2) is 0 Å². The number of hydrogen-bond acceptors (Lipinski definition) is 9. The first kappa shape index (κ1) is 30.6. The van der Waals surface area contributed by atoms with Gasteiger partial charge in [0.2, 0.25) is 16.0 Å². The predicted octanol–water partition coefficient (Wildman–Crippen LogP) is 3.75. The lowest BCUT2D eigenvalue weighted by atomic mass is 10.1. The highest BCUT2D eigenvalue weighted by molar-refractivity contribution is 7.92. The molecule has 0 aliphatic carbocycles. The molecule has 11 nitrogen and oxygen atoms in total. The fourth-order valence-corrected chi connectivity index (χ4v) is 4.08. The van der Waals surface area contributed by atoms with Crippen LogP contribution in [0.25, 0.3) is 0 Å². The van der Waals surface area contributed by atoms with Crippen molar-refractivity contribution >= 4 is 39.2 Å². The van der Waals surface area contributed by atoms with Gasteiger partial charge in [0, 0.05) is 70.1 Å². The summed E-state index contributed by atoms with van der Waals surface area (Å²) in [4.78, 5) is 26.2. The smallest absolute Gasteiger partial charge is 0.385 e. The molecule has 0 aliphatic rings. The number of amides is 1. The number of nitrogens with one attached hydrogen (secondary N) is 2. The number of carbonyl (C=O) groups is 1. The Bertz CT molecular complexity index is 1440.